The molecule has 0 radical (unpaired) electrons. The fourth-order valence-corrected chi connectivity index (χ4v) is 6.48. The van der Waals surface area contributed by atoms with Crippen LogP contribution in [-0.2, 0) is 26.1 Å². The molecule has 0 bridgehead atoms. The zero-order chi connectivity index (χ0) is 30.7. The van der Waals surface area contributed by atoms with E-state index in [0.29, 0.717) is 22.1 Å². The van der Waals surface area contributed by atoms with E-state index in [9.17, 15) is 18.0 Å². The molecule has 0 spiro atoms. The molecule has 0 saturated heterocycles. The Labute approximate surface area is 255 Å². The number of anilines is 1. The van der Waals surface area contributed by atoms with Gasteiger partial charge in [0, 0.05) is 27.5 Å². The highest BCUT2D eigenvalue weighted by atomic mass is 35.5. The summed E-state index contributed by atoms with van der Waals surface area (Å²) in [6.45, 7) is 4.71. The molecule has 0 fully saturated rings. The van der Waals surface area contributed by atoms with Gasteiger partial charge in [-0.1, -0.05) is 59.6 Å². The Bertz CT molecular complexity index is 1710. The van der Waals surface area contributed by atoms with Crippen LogP contribution in [0.3, 0.4) is 0 Å². The Hall–Kier alpha value is -3.79. The van der Waals surface area contributed by atoms with Gasteiger partial charge >= 0.3 is 5.97 Å². The third kappa shape index (κ3) is 7.34. The van der Waals surface area contributed by atoms with E-state index in [0.717, 1.165) is 9.87 Å². The van der Waals surface area contributed by atoms with Crippen LogP contribution in [0.1, 0.15) is 36.7 Å². The number of nitrogens with one attached hydrogen (secondary N) is 1. The first-order chi connectivity index (χ1) is 19.8. The summed E-state index contributed by atoms with van der Waals surface area (Å²) in [5.41, 5.74) is 0.544. The van der Waals surface area contributed by atoms with Crippen LogP contribution in [0.5, 0.6) is 5.75 Å². The van der Waals surface area contributed by atoms with Crippen molar-refractivity contribution in [2.24, 2.45) is 0 Å². The van der Waals surface area contributed by atoms with Crippen LogP contribution in [-0.4, -0.2) is 39.5 Å². The van der Waals surface area contributed by atoms with Crippen molar-refractivity contribution in [3.63, 3.8) is 0 Å². The lowest BCUT2D eigenvalue weighted by Crippen LogP contribution is -2.39. The van der Waals surface area contributed by atoms with Gasteiger partial charge in [0.2, 0.25) is 0 Å². The zero-order valence-electron chi connectivity index (χ0n) is 23.5. The molecule has 4 aromatic carbocycles. The van der Waals surface area contributed by atoms with Gasteiger partial charge in [0.05, 0.1) is 17.7 Å². The molecule has 0 heterocycles. The number of nitrogens with zero attached hydrogens (tertiary/aromatic N) is 1. The summed E-state index contributed by atoms with van der Waals surface area (Å²) in [6.07, 6.45) is 0. The smallest absolute Gasteiger partial charge is 0.327 e. The van der Waals surface area contributed by atoms with Crippen molar-refractivity contribution >= 4 is 61.6 Å². The lowest BCUT2D eigenvalue weighted by atomic mass is 10.0. The SMILES string of the molecule is COc1ccc(CNC(=O)c2cccc3c(N(CC(=O)OC(C)(C)C)S(=O)(=O)c4cc(Cl)cc(Cl)c4)cccc23)cc1. The number of fused-ring (bicyclic) bond motifs is 1. The summed E-state index contributed by atoms with van der Waals surface area (Å²) < 4.78 is 39.6. The molecule has 42 heavy (non-hydrogen) atoms. The summed E-state index contributed by atoms with van der Waals surface area (Å²) in [4.78, 5) is 26.1. The van der Waals surface area contributed by atoms with E-state index in [1.165, 1.54) is 18.2 Å². The maximum atomic E-state index is 14.0. The maximum Gasteiger partial charge on any atom is 0.327 e. The van der Waals surface area contributed by atoms with Gasteiger partial charge in [0.1, 0.15) is 17.9 Å². The second-order valence-electron chi connectivity index (χ2n) is 10.4. The Morgan fingerprint density at radius 2 is 1.50 bits per heavy atom. The highest BCUT2D eigenvalue weighted by molar-refractivity contribution is 7.93. The van der Waals surface area contributed by atoms with Crippen molar-refractivity contribution in [1.29, 1.82) is 0 Å². The van der Waals surface area contributed by atoms with Gasteiger partial charge in [0.15, 0.2) is 0 Å². The number of sulfonamides is 1. The van der Waals surface area contributed by atoms with Crippen LogP contribution in [0.15, 0.2) is 83.8 Å². The molecule has 8 nitrogen and oxygen atoms in total. The first-order valence-electron chi connectivity index (χ1n) is 12.9. The number of carbonyl (C=O) groups excluding carboxylic acids is 2. The van der Waals surface area contributed by atoms with Crippen molar-refractivity contribution in [2.75, 3.05) is 18.0 Å². The quantitative estimate of drug-likeness (QED) is 0.209. The van der Waals surface area contributed by atoms with Gasteiger partial charge in [0.25, 0.3) is 15.9 Å². The monoisotopic (exact) mass is 628 g/mol. The number of ether oxygens (including phenoxy) is 2. The van der Waals surface area contributed by atoms with Gasteiger partial charge < -0.3 is 14.8 Å². The molecule has 11 heteroatoms. The topological polar surface area (TPSA) is 102 Å². The van der Waals surface area contributed by atoms with Gasteiger partial charge in [-0.25, -0.2) is 8.42 Å². The molecule has 0 unspecified atom stereocenters. The van der Waals surface area contributed by atoms with Gasteiger partial charge in [-0.05, 0) is 74.2 Å². The first-order valence-corrected chi connectivity index (χ1v) is 15.1. The number of amides is 1. The summed E-state index contributed by atoms with van der Waals surface area (Å²) >= 11 is 12.3. The molecule has 0 aliphatic carbocycles. The second kappa shape index (κ2) is 12.6. The predicted octanol–water partition coefficient (Wildman–Crippen LogP) is 6.62. The third-order valence-corrected chi connectivity index (χ3v) is 8.32. The minimum absolute atomic E-state index is 0.118. The first kappa shape index (κ1) is 31.2. The predicted molar refractivity (Wildman–Crippen MR) is 165 cm³/mol. The average molecular weight is 630 g/mol. The van der Waals surface area contributed by atoms with Gasteiger partial charge in [-0.15, -0.1) is 0 Å². The Morgan fingerprint density at radius 1 is 0.881 bits per heavy atom. The molecule has 0 aliphatic rings. The van der Waals surface area contributed by atoms with E-state index in [1.807, 2.05) is 12.1 Å². The minimum Gasteiger partial charge on any atom is -0.497 e. The number of hydrogen-bond donors (Lipinski definition) is 1. The van der Waals surface area contributed by atoms with Crippen molar-refractivity contribution in [1.82, 2.24) is 5.32 Å². The number of rotatable bonds is 9. The number of benzene rings is 4. The Morgan fingerprint density at radius 3 is 2.12 bits per heavy atom. The number of methoxy groups -OCH3 is 1. The van der Waals surface area contributed by atoms with Crippen LogP contribution in [0.4, 0.5) is 5.69 Å². The lowest BCUT2D eigenvalue weighted by molar-refractivity contribution is -0.152. The lowest BCUT2D eigenvalue weighted by Gasteiger charge is -2.27. The van der Waals surface area contributed by atoms with E-state index in [2.05, 4.69) is 5.32 Å². The molecule has 0 saturated carbocycles. The number of halogens is 2. The molecular weight excluding hydrogens is 599 g/mol. The van der Waals surface area contributed by atoms with Crippen LogP contribution in [0, 0.1) is 0 Å². The zero-order valence-corrected chi connectivity index (χ0v) is 25.8. The fraction of sp³-hybridized carbons (Fsp3) is 0.226. The molecule has 0 atom stereocenters. The normalized spacial score (nSPS) is 11.7. The molecular formula is C31H30Cl2N2O6S. The Balaban J connectivity index is 1.76. The summed E-state index contributed by atoms with van der Waals surface area (Å²) in [6, 6.07) is 21.1. The largest absolute Gasteiger partial charge is 0.497 e. The third-order valence-electron chi connectivity index (χ3n) is 6.14. The van der Waals surface area contributed by atoms with Crippen LogP contribution in [0.2, 0.25) is 10.0 Å². The highest BCUT2D eigenvalue weighted by Crippen LogP contribution is 2.34. The summed E-state index contributed by atoms with van der Waals surface area (Å²) in [5.74, 6) is -0.404. The maximum absolute atomic E-state index is 14.0. The van der Waals surface area contributed by atoms with Crippen molar-refractivity contribution in [3.8, 4) is 5.75 Å². The molecule has 220 valence electrons. The minimum atomic E-state index is -4.37. The van der Waals surface area contributed by atoms with Crippen LogP contribution in [0.25, 0.3) is 10.8 Å². The van der Waals surface area contributed by atoms with E-state index in [4.69, 9.17) is 32.7 Å². The van der Waals surface area contributed by atoms with E-state index in [-0.39, 0.29) is 33.1 Å². The molecule has 4 rings (SSSR count). The van der Waals surface area contributed by atoms with Gasteiger partial charge in [-0.2, -0.15) is 0 Å². The molecule has 4 aromatic rings. The van der Waals surface area contributed by atoms with Crippen molar-refractivity contribution < 1.29 is 27.5 Å². The van der Waals surface area contributed by atoms with Crippen molar-refractivity contribution in [2.45, 2.75) is 37.8 Å². The molecule has 1 amide bonds. The number of carbonyl (C=O) groups is 2. The molecule has 1 N–H and O–H groups in total. The summed E-state index contributed by atoms with van der Waals surface area (Å²) in [7, 11) is -2.79. The standard InChI is InChI=1S/C31H30Cl2N2O6S/c1-31(2,3)41-29(36)19-35(42(38,39)24-16-21(32)15-22(33)17-24)28-10-6-7-25-26(28)8-5-9-27(25)30(37)34-18-20-11-13-23(40-4)14-12-20/h5-17H,18-19H2,1-4H3,(H,34,37). The Kier molecular flexibility index (Phi) is 9.35. The van der Waals surface area contributed by atoms with Crippen LogP contribution >= 0.6 is 23.2 Å². The fourth-order valence-electron chi connectivity index (χ4n) is 4.33. The number of esters is 1. The van der Waals surface area contributed by atoms with Gasteiger partial charge in [-0.3, -0.25) is 13.9 Å². The highest BCUT2D eigenvalue weighted by Gasteiger charge is 2.31. The van der Waals surface area contributed by atoms with Crippen LogP contribution < -0.4 is 14.4 Å². The average Bonchev–Trinajstić information content (AvgIpc) is 2.93. The summed E-state index contributed by atoms with van der Waals surface area (Å²) in [5, 5.41) is 4.08. The van der Waals surface area contributed by atoms with E-state index >= 15 is 0 Å². The molecule has 0 aromatic heterocycles. The van der Waals surface area contributed by atoms with Crippen molar-refractivity contribution in [3.05, 3.63) is 100 Å². The second-order valence-corrected chi connectivity index (χ2v) is 13.1. The molecule has 0 aliphatic heterocycles. The van der Waals surface area contributed by atoms with E-state index in [1.54, 1.807) is 76.4 Å². The van der Waals surface area contributed by atoms with E-state index < -0.39 is 28.1 Å². The number of hydrogen-bond acceptors (Lipinski definition) is 6.